The summed E-state index contributed by atoms with van der Waals surface area (Å²) in [7, 11) is 0. The third kappa shape index (κ3) is 4.66. The molecule has 0 unspecified atom stereocenters. The third-order valence-corrected chi connectivity index (χ3v) is 6.82. The van der Waals surface area contributed by atoms with Gasteiger partial charge in [0.05, 0.1) is 22.0 Å². The van der Waals surface area contributed by atoms with Crippen LogP contribution in [0.15, 0.2) is 83.5 Å². The molecule has 4 aromatic heterocycles. The van der Waals surface area contributed by atoms with E-state index in [1.807, 2.05) is 5.38 Å². The fraction of sp³-hybridized carbons (Fsp3) is 0.0370. The minimum Gasteiger partial charge on any atom is -0.434 e. The van der Waals surface area contributed by atoms with E-state index < -0.39 is 23.0 Å². The van der Waals surface area contributed by atoms with Gasteiger partial charge in [-0.2, -0.15) is 13.2 Å². The fourth-order valence-corrected chi connectivity index (χ4v) is 4.82. The number of fused-ring (bicyclic) bond motifs is 2. The number of benzene rings is 2. The molecule has 0 bridgehead atoms. The Morgan fingerprint density at radius 3 is 2.56 bits per heavy atom. The number of hydrogen-bond acceptors (Lipinski definition) is 7. The Labute approximate surface area is 220 Å². The van der Waals surface area contributed by atoms with Crippen LogP contribution >= 0.6 is 11.3 Å². The first-order valence-corrected chi connectivity index (χ1v) is 12.3. The van der Waals surface area contributed by atoms with Gasteiger partial charge in [0.15, 0.2) is 11.6 Å². The monoisotopic (exact) mass is 549 g/mol. The predicted molar refractivity (Wildman–Crippen MR) is 140 cm³/mol. The van der Waals surface area contributed by atoms with Gasteiger partial charge in [0.1, 0.15) is 16.8 Å². The van der Waals surface area contributed by atoms with Gasteiger partial charge in [0, 0.05) is 29.7 Å². The summed E-state index contributed by atoms with van der Waals surface area (Å²) in [5.41, 5.74) is 0.613. The Morgan fingerprint density at radius 2 is 1.79 bits per heavy atom. The third-order valence-electron chi connectivity index (χ3n) is 5.93. The van der Waals surface area contributed by atoms with Crippen LogP contribution in [0, 0.1) is 5.82 Å². The molecule has 0 saturated carbocycles. The zero-order chi connectivity index (χ0) is 27.1. The molecule has 6 aromatic rings. The van der Waals surface area contributed by atoms with E-state index in [1.54, 1.807) is 18.2 Å². The maximum Gasteiger partial charge on any atom is 0.416 e. The minimum absolute atomic E-state index is 0.0535. The van der Waals surface area contributed by atoms with Gasteiger partial charge >= 0.3 is 6.18 Å². The highest BCUT2D eigenvalue weighted by molar-refractivity contribution is 7.17. The Hall–Kier alpha value is -4.84. The van der Waals surface area contributed by atoms with Crippen LogP contribution in [0.4, 0.5) is 29.1 Å². The first-order valence-electron chi connectivity index (χ1n) is 11.4. The van der Waals surface area contributed by atoms with Crippen molar-refractivity contribution in [1.29, 1.82) is 0 Å². The van der Waals surface area contributed by atoms with Crippen molar-refractivity contribution in [2.75, 3.05) is 5.32 Å². The quantitative estimate of drug-likeness (QED) is 0.220. The van der Waals surface area contributed by atoms with E-state index in [4.69, 9.17) is 4.74 Å². The topological polar surface area (TPSA) is 92.8 Å². The van der Waals surface area contributed by atoms with E-state index in [2.05, 4.69) is 25.3 Å². The number of ether oxygens (including phenoxy) is 1. The molecule has 2 aromatic carbocycles. The molecule has 0 aliphatic heterocycles. The molecule has 12 heteroatoms. The molecule has 6 rings (SSSR count). The summed E-state index contributed by atoms with van der Waals surface area (Å²) in [6.07, 6.45) is -0.259. The Balaban J connectivity index is 1.32. The molecule has 194 valence electrons. The largest absolute Gasteiger partial charge is 0.434 e. The second-order valence-electron chi connectivity index (χ2n) is 8.37. The molecule has 0 aliphatic rings. The smallest absolute Gasteiger partial charge is 0.416 e. The summed E-state index contributed by atoms with van der Waals surface area (Å²) in [5, 5.41) is 4.95. The van der Waals surface area contributed by atoms with Gasteiger partial charge in [0.2, 0.25) is 11.3 Å². The Bertz CT molecular complexity index is 1900. The number of anilines is 2. The predicted octanol–water partition coefficient (Wildman–Crippen LogP) is 7.29. The lowest BCUT2D eigenvalue weighted by atomic mass is 10.0. The van der Waals surface area contributed by atoms with Gasteiger partial charge in [0.25, 0.3) is 0 Å². The van der Waals surface area contributed by atoms with Crippen molar-refractivity contribution in [2.24, 2.45) is 0 Å². The number of thiophene rings is 1. The molecule has 0 spiro atoms. The van der Waals surface area contributed by atoms with Crippen LogP contribution in [0.25, 0.3) is 32.2 Å². The molecule has 7 nitrogen and oxygen atoms in total. The van der Waals surface area contributed by atoms with Crippen molar-refractivity contribution in [3.63, 3.8) is 0 Å². The molecule has 0 aliphatic carbocycles. The van der Waals surface area contributed by atoms with Gasteiger partial charge in [-0.25, -0.2) is 19.3 Å². The Kier molecular flexibility index (Phi) is 5.95. The van der Waals surface area contributed by atoms with Crippen molar-refractivity contribution in [2.45, 2.75) is 6.18 Å². The molecule has 39 heavy (non-hydrogen) atoms. The van der Waals surface area contributed by atoms with Gasteiger partial charge in [-0.05, 0) is 47.3 Å². The first kappa shape index (κ1) is 24.5. The van der Waals surface area contributed by atoms with Crippen LogP contribution in [0.2, 0.25) is 0 Å². The number of halogens is 4. The number of nitrogens with zero attached hydrogens (tertiary/aromatic N) is 3. The highest BCUT2D eigenvalue weighted by Gasteiger charge is 2.30. The molecule has 0 radical (unpaired) electrons. The van der Waals surface area contributed by atoms with Gasteiger partial charge in [-0.15, -0.1) is 11.3 Å². The zero-order valence-corrected chi connectivity index (χ0v) is 20.4. The van der Waals surface area contributed by atoms with Gasteiger partial charge < -0.3 is 15.0 Å². The normalized spacial score (nSPS) is 11.7. The van der Waals surface area contributed by atoms with E-state index in [1.165, 1.54) is 54.3 Å². The number of alkyl halides is 3. The number of hydrogen-bond donors (Lipinski definition) is 2. The van der Waals surface area contributed by atoms with Crippen LogP contribution in [0.5, 0.6) is 11.6 Å². The summed E-state index contributed by atoms with van der Waals surface area (Å²) < 4.78 is 60.2. The van der Waals surface area contributed by atoms with Crippen LogP contribution in [-0.4, -0.2) is 19.9 Å². The SMILES string of the molecule is O=c1c(-c2ccc(C(F)(F)F)cc2)c[nH]c2ccnc(Nc3ccc(Oc4ncnc5ccsc45)c(F)c3)c12. The summed E-state index contributed by atoms with van der Waals surface area (Å²) in [6, 6.07) is 11.9. The maximum atomic E-state index is 15.0. The summed E-state index contributed by atoms with van der Waals surface area (Å²) >= 11 is 1.37. The molecule has 0 saturated heterocycles. The molecule has 0 atom stereocenters. The fourth-order valence-electron chi connectivity index (χ4n) is 4.05. The van der Waals surface area contributed by atoms with Crippen LogP contribution in [0.3, 0.4) is 0 Å². The van der Waals surface area contributed by atoms with Crippen molar-refractivity contribution in [3.05, 3.63) is 100 Å². The van der Waals surface area contributed by atoms with Crippen molar-refractivity contribution in [3.8, 4) is 22.8 Å². The first-order chi connectivity index (χ1) is 18.8. The number of nitrogens with one attached hydrogen (secondary N) is 2. The lowest BCUT2D eigenvalue weighted by Gasteiger charge is -2.12. The lowest BCUT2D eigenvalue weighted by Crippen LogP contribution is -2.10. The molecular formula is C27H15F4N5O2S. The standard InChI is InChI=1S/C27H15F4N5O2S/c28-18-11-16(5-6-21(18)38-26-24-20(8-10-39-24)34-13-35-26)36-25-22-19(7-9-32-25)33-12-17(23(22)37)14-1-3-15(4-2-14)27(29,30)31/h1-13H,(H,32,36)(H,33,37). The molecule has 4 heterocycles. The molecular weight excluding hydrogens is 534 g/mol. The van der Waals surface area contributed by atoms with E-state index >= 15 is 0 Å². The molecule has 0 fully saturated rings. The average Bonchev–Trinajstić information content (AvgIpc) is 3.40. The van der Waals surface area contributed by atoms with E-state index in [9.17, 15) is 22.4 Å². The number of rotatable bonds is 5. The Morgan fingerprint density at radius 1 is 0.974 bits per heavy atom. The van der Waals surface area contributed by atoms with Crippen molar-refractivity contribution in [1.82, 2.24) is 19.9 Å². The second-order valence-corrected chi connectivity index (χ2v) is 9.29. The highest BCUT2D eigenvalue weighted by atomic mass is 32.1. The minimum atomic E-state index is -4.49. The van der Waals surface area contributed by atoms with E-state index in [0.717, 1.165) is 12.1 Å². The molecule has 2 N–H and O–H groups in total. The number of aromatic nitrogens is 4. The zero-order valence-electron chi connectivity index (χ0n) is 19.6. The van der Waals surface area contributed by atoms with Crippen LogP contribution in [-0.2, 0) is 6.18 Å². The van der Waals surface area contributed by atoms with Crippen LogP contribution in [0.1, 0.15) is 5.56 Å². The average molecular weight is 550 g/mol. The van der Waals surface area contributed by atoms with E-state index in [-0.39, 0.29) is 28.4 Å². The van der Waals surface area contributed by atoms with Crippen LogP contribution < -0.4 is 15.5 Å². The maximum absolute atomic E-state index is 15.0. The number of aromatic amines is 1. The van der Waals surface area contributed by atoms with Crippen molar-refractivity contribution >= 4 is 44.0 Å². The highest BCUT2D eigenvalue weighted by Crippen LogP contribution is 2.34. The summed E-state index contributed by atoms with van der Waals surface area (Å²) in [5.74, 6) is -0.357. The molecule has 0 amide bonds. The summed E-state index contributed by atoms with van der Waals surface area (Å²) in [4.78, 5) is 28.9. The number of pyridine rings is 2. The van der Waals surface area contributed by atoms with Crippen molar-refractivity contribution < 1.29 is 22.3 Å². The second kappa shape index (κ2) is 9.48. The van der Waals surface area contributed by atoms with E-state index in [0.29, 0.717) is 27.0 Å². The lowest BCUT2D eigenvalue weighted by molar-refractivity contribution is -0.137. The van der Waals surface area contributed by atoms with Gasteiger partial charge in [-0.1, -0.05) is 12.1 Å². The van der Waals surface area contributed by atoms with Gasteiger partial charge in [-0.3, -0.25) is 4.79 Å². The number of H-pyrrole nitrogens is 1. The summed E-state index contributed by atoms with van der Waals surface area (Å²) in [6.45, 7) is 0.